The maximum atomic E-state index is 9.36. The Morgan fingerprint density at radius 3 is 2.94 bits per heavy atom. The molecular formula is C14H11ClN2. The standard InChI is InChI=1S/C14H11ClN2/c1-8-5-9(15)6-11-12(7-16)10-3-2-4-13(10)17-14(8)11/h5-6H,2-4H2,1H3. The van der Waals surface area contributed by atoms with E-state index < -0.39 is 0 Å². The normalized spacial score (nSPS) is 13.7. The van der Waals surface area contributed by atoms with Crippen LogP contribution in [0.25, 0.3) is 10.9 Å². The van der Waals surface area contributed by atoms with Crippen molar-refractivity contribution in [2.45, 2.75) is 26.2 Å². The highest BCUT2D eigenvalue weighted by molar-refractivity contribution is 6.31. The monoisotopic (exact) mass is 242 g/mol. The summed E-state index contributed by atoms with van der Waals surface area (Å²) < 4.78 is 0. The number of hydrogen-bond donors (Lipinski definition) is 0. The van der Waals surface area contributed by atoms with Gasteiger partial charge in [0.2, 0.25) is 0 Å². The van der Waals surface area contributed by atoms with Gasteiger partial charge in [-0.05, 0) is 49.4 Å². The third-order valence-corrected chi connectivity index (χ3v) is 3.60. The van der Waals surface area contributed by atoms with Gasteiger partial charge in [-0.1, -0.05) is 11.6 Å². The van der Waals surface area contributed by atoms with Gasteiger partial charge in [0.05, 0.1) is 11.1 Å². The topological polar surface area (TPSA) is 36.7 Å². The molecule has 0 spiro atoms. The summed E-state index contributed by atoms with van der Waals surface area (Å²) in [6, 6.07) is 6.08. The molecular weight excluding hydrogens is 232 g/mol. The molecule has 1 aromatic heterocycles. The quantitative estimate of drug-likeness (QED) is 0.708. The predicted molar refractivity (Wildman–Crippen MR) is 68.2 cm³/mol. The molecule has 1 aromatic carbocycles. The summed E-state index contributed by atoms with van der Waals surface area (Å²) in [7, 11) is 0. The van der Waals surface area contributed by atoms with E-state index in [0.717, 1.165) is 52.5 Å². The lowest BCUT2D eigenvalue weighted by Gasteiger charge is -2.09. The van der Waals surface area contributed by atoms with Gasteiger partial charge in [0.1, 0.15) is 6.07 Å². The number of aromatic nitrogens is 1. The number of nitrogens with zero attached hydrogens (tertiary/aromatic N) is 2. The van der Waals surface area contributed by atoms with E-state index in [9.17, 15) is 5.26 Å². The lowest BCUT2D eigenvalue weighted by atomic mass is 10.0. The molecule has 1 aliphatic rings. The number of rotatable bonds is 0. The van der Waals surface area contributed by atoms with Crippen molar-refractivity contribution in [1.82, 2.24) is 4.98 Å². The van der Waals surface area contributed by atoms with E-state index >= 15 is 0 Å². The van der Waals surface area contributed by atoms with Crippen LogP contribution in [0.3, 0.4) is 0 Å². The molecule has 2 aromatic rings. The van der Waals surface area contributed by atoms with Crippen molar-refractivity contribution < 1.29 is 0 Å². The highest BCUT2D eigenvalue weighted by atomic mass is 35.5. The zero-order valence-corrected chi connectivity index (χ0v) is 10.3. The third kappa shape index (κ3) is 1.50. The Labute approximate surface area is 105 Å². The van der Waals surface area contributed by atoms with Crippen LogP contribution in [0.4, 0.5) is 0 Å². The first-order valence-electron chi connectivity index (χ1n) is 5.72. The summed E-state index contributed by atoms with van der Waals surface area (Å²) >= 11 is 6.07. The van der Waals surface area contributed by atoms with Crippen LogP contribution in [0.1, 0.15) is 28.8 Å². The maximum Gasteiger partial charge on any atom is 0.100 e. The van der Waals surface area contributed by atoms with Crippen molar-refractivity contribution in [2.24, 2.45) is 0 Å². The molecule has 1 heterocycles. The zero-order valence-electron chi connectivity index (χ0n) is 9.55. The average Bonchev–Trinajstić information content (AvgIpc) is 2.74. The van der Waals surface area contributed by atoms with Gasteiger partial charge in [-0.15, -0.1) is 0 Å². The Kier molecular flexibility index (Phi) is 2.31. The summed E-state index contributed by atoms with van der Waals surface area (Å²) in [5.74, 6) is 0. The molecule has 0 atom stereocenters. The highest BCUT2D eigenvalue weighted by Gasteiger charge is 2.20. The van der Waals surface area contributed by atoms with Crippen molar-refractivity contribution in [2.75, 3.05) is 0 Å². The number of aryl methyl sites for hydroxylation is 2. The molecule has 84 valence electrons. The number of benzene rings is 1. The minimum atomic E-state index is 0.672. The molecule has 0 unspecified atom stereocenters. The van der Waals surface area contributed by atoms with Gasteiger partial charge in [0.25, 0.3) is 0 Å². The van der Waals surface area contributed by atoms with Crippen LogP contribution in [-0.4, -0.2) is 4.98 Å². The van der Waals surface area contributed by atoms with Gasteiger partial charge in [-0.25, -0.2) is 0 Å². The Bertz CT molecular complexity index is 668. The summed E-state index contributed by atoms with van der Waals surface area (Å²) in [6.45, 7) is 1.99. The Morgan fingerprint density at radius 2 is 2.18 bits per heavy atom. The third-order valence-electron chi connectivity index (χ3n) is 3.38. The van der Waals surface area contributed by atoms with E-state index in [1.54, 1.807) is 0 Å². The minimum Gasteiger partial charge on any atom is -0.252 e. The molecule has 0 fully saturated rings. The summed E-state index contributed by atoms with van der Waals surface area (Å²) in [5, 5.41) is 10.9. The van der Waals surface area contributed by atoms with Crippen LogP contribution in [0, 0.1) is 18.3 Å². The maximum absolute atomic E-state index is 9.36. The van der Waals surface area contributed by atoms with Crippen LogP contribution >= 0.6 is 11.6 Å². The van der Waals surface area contributed by atoms with Gasteiger partial charge in [-0.3, -0.25) is 4.98 Å². The van der Waals surface area contributed by atoms with Gasteiger partial charge in [0, 0.05) is 16.1 Å². The van der Waals surface area contributed by atoms with Crippen molar-refractivity contribution in [1.29, 1.82) is 5.26 Å². The summed E-state index contributed by atoms with van der Waals surface area (Å²) in [5.41, 5.74) is 4.96. The molecule has 3 heteroatoms. The van der Waals surface area contributed by atoms with Crippen molar-refractivity contribution in [3.63, 3.8) is 0 Å². The van der Waals surface area contributed by atoms with Crippen LogP contribution < -0.4 is 0 Å². The van der Waals surface area contributed by atoms with Gasteiger partial charge in [-0.2, -0.15) is 5.26 Å². The predicted octanol–water partition coefficient (Wildman–Crippen LogP) is 3.56. The SMILES string of the molecule is Cc1cc(Cl)cc2c(C#N)c3c(nc12)CCC3. The van der Waals surface area contributed by atoms with Crippen LogP contribution in [0.2, 0.25) is 5.02 Å². The molecule has 0 radical (unpaired) electrons. The summed E-state index contributed by atoms with van der Waals surface area (Å²) in [4.78, 5) is 4.70. The lowest BCUT2D eigenvalue weighted by Crippen LogP contribution is -1.97. The van der Waals surface area contributed by atoms with E-state index in [1.807, 2.05) is 19.1 Å². The molecule has 0 saturated carbocycles. The Balaban J connectivity index is 2.50. The molecule has 0 bridgehead atoms. The zero-order chi connectivity index (χ0) is 12.0. The van der Waals surface area contributed by atoms with Crippen molar-refractivity contribution in [3.05, 3.63) is 39.5 Å². The Morgan fingerprint density at radius 1 is 1.35 bits per heavy atom. The number of nitriles is 1. The first-order valence-corrected chi connectivity index (χ1v) is 6.10. The van der Waals surface area contributed by atoms with E-state index in [2.05, 4.69) is 6.07 Å². The first-order chi connectivity index (χ1) is 8.20. The highest BCUT2D eigenvalue weighted by Crippen LogP contribution is 2.32. The van der Waals surface area contributed by atoms with Gasteiger partial charge >= 0.3 is 0 Å². The minimum absolute atomic E-state index is 0.672. The second kappa shape index (κ2) is 3.72. The largest absolute Gasteiger partial charge is 0.252 e. The number of pyridine rings is 1. The fourth-order valence-electron chi connectivity index (χ4n) is 2.62. The van der Waals surface area contributed by atoms with Crippen LogP contribution in [0.5, 0.6) is 0 Å². The number of hydrogen-bond acceptors (Lipinski definition) is 2. The van der Waals surface area contributed by atoms with Crippen molar-refractivity contribution >= 4 is 22.5 Å². The smallest absolute Gasteiger partial charge is 0.100 e. The van der Waals surface area contributed by atoms with E-state index in [4.69, 9.17) is 16.6 Å². The molecule has 1 aliphatic carbocycles. The molecule has 2 nitrogen and oxygen atoms in total. The molecule has 0 saturated heterocycles. The molecule has 0 N–H and O–H groups in total. The fourth-order valence-corrected chi connectivity index (χ4v) is 2.89. The average molecular weight is 243 g/mol. The van der Waals surface area contributed by atoms with Crippen LogP contribution in [-0.2, 0) is 12.8 Å². The van der Waals surface area contributed by atoms with E-state index in [1.165, 1.54) is 0 Å². The van der Waals surface area contributed by atoms with Gasteiger partial charge in [0.15, 0.2) is 0 Å². The van der Waals surface area contributed by atoms with E-state index in [0.29, 0.717) is 5.02 Å². The van der Waals surface area contributed by atoms with Gasteiger partial charge < -0.3 is 0 Å². The first kappa shape index (κ1) is 10.6. The number of fused-ring (bicyclic) bond motifs is 2. The van der Waals surface area contributed by atoms with Crippen molar-refractivity contribution in [3.8, 4) is 6.07 Å². The van der Waals surface area contributed by atoms with Crippen LogP contribution in [0.15, 0.2) is 12.1 Å². The van der Waals surface area contributed by atoms with E-state index in [-0.39, 0.29) is 0 Å². The number of halogens is 1. The second-order valence-corrected chi connectivity index (χ2v) is 4.93. The second-order valence-electron chi connectivity index (χ2n) is 4.50. The summed E-state index contributed by atoms with van der Waals surface area (Å²) in [6.07, 6.45) is 3.05. The molecule has 0 amide bonds. The fraction of sp³-hybridized carbons (Fsp3) is 0.286. The molecule has 0 aliphatic heterocycles. The molecule has 17 heavy (non-hydrogen) atoms. The lowest BCUT2D eigenvalue weighted by molar-refractivity contribution is 0.900. The Hall–Kier alpha value is -1.59. The molecule has 3 rings (SSSR count).